The van der Waals surface area contributed by atoms with Crippen molar-refractivity contribution in [2.45, 2.75) is 40.0 Å². The molecule has 0 atom stereocenters. The van der Waals surface area contributed by atoms with Crippen LogP contribution in [0.3, 0.4) is 0 Å². The minimum absolute atomic E-state index is 0.126. The molecule has 2 aromatic rings. The van der Waals surface area contributed by atoms with Gasteiger partial charge in [-0.1, -0.05) is 45.0 Å². The minimum atomic E-state index is -0.267. The Hall–Kier alpha value is -2.36. The second-order valence-corrected chi connectivity index (χ2v) is 6.40. The molecule has 0 aliphatic heterocycles. The summed E-state index contributed by atoms with van der Waals surface area (Å²) in [6, 6.07) is 9.84. The van der Waals surface area contributed by atoms with Crippen molar-refractivity contribution < 1.29 is 9.21 Å². The number of furan rings is 1. The van der Waals surface area contributed by atoms with Crippen LogP contribution in [0.25, 0.3) is 0 Å². The molecule has 116 valence electrons. The number of rotatable bonds is 3. The van der Waals surface area contributed by atoms with Crippen LogP contribution in [-0.2, 0) is 5.41 Å². The maximum atomic E-state index is 12.0. The Bertz CT molecular complexity index is 689. The summed E-state index contributed by atoms with van der Waals surface area (Å²) < 4.78 is 5.33. The van der Waals surface area contributed by atoms with Gasteiger partial charge in [0.05, 0.1) is 11.8 Å². The molecule has 1 heterocycles. The van der Waals surface area contributed by atoms with Crippen LogP contribution >= 0.6 is 0 Å². The van der Waals surface area contributed by atoms with Gasteiger partial charge in [-0.05, 0) is 36.5 Å². The molecule has 0 saturated carbocycles. The molecule has 0 unspecified atom stereocenters. The molecule has 0 aliphatic carbocycles. The number of carbonyl (C=O) groups is 1. The summed E-state index contributed by atoms with van der Waals surface area (Å²) in [5, 5.41) is 3.99. The zero-order chi connectivity index (χ0) is 16.3. The highest BCUT2D eigenvalue weighted by Crippen LogP contribution is 2.21. The first-order valence-corrected chi connectivity index (χ1v) is 7.28. The number of nitrogens with one attached hydrogen (secondary N) is 1. The Balaban J connectivity index is 2.01. The van der Waals surface area contributed by atoms with Crippen molar-refractivity contribution in [2.75, 3.05) is 0 Å². The van der Waals surface area contributed by atoms with E-state index in [-0.39, 0.29) is 11.3 Å². The number of amides is 1. The van der Waals surface area contributed by atoms with Gasteiger partial charge in [0.15, 0.2) is 0 Å². The number of hydrazone groups is 1. The predicted molar refractivity (Wildman–Crippen MR) is 88.4 cm³/mol. The Morgan fingerprint density at radius 1 is 1.18 bits per heavy atom. The van der Waals surface area contributed by atoms with E-state index < -0.39 is 0 Å². The quantitative estimate of drug-likeness (QED) is 0.689. The lowest BCUT2D eigenvalue weighted by Crippen LogP contribution is -2.17. The molecule has 0 aliphatic rings. The van der Waals surface area contributed by atoms with E-state index in [0.29, 0.717) is 17.1 Å². The first-order chi connectivity index (χ1) is 10.3. The fourth-order valence-corrected chi connectivity index (χ4v) is 2.15. The average molecular weight is 298 g/mol. The molecular weight excluding hydrogens is 276 g/mol. The summed E-state index contributed by atoms with van der Waals surface area (Å²) in [6.07, 6.45) is 1.63. The molecule has 0 bridgehead atoms. The van der Waals surface area contributed by atoms with Crippen molar-refractivity contribution in [2.24, 2.45) is 5.10 Å². The molecule has 0 saturated heterocycles. The fraction of sp³-hybridized carbons (Fsp3) is 0.333. The fourth-order valence-electron chi connectivity index (χ4n) is 2.15. The molecule has 1 N–H and O–H groups in total. The average Bonchev–Trinajstić information content (AvgIpc) is 2.77. The van der Waals surface area contributed by atoms with Crippen LogP contribution in [0.1, 0.15) is 53.8 Å². The normalized spacial score (nSPS) is 11.9. The van der Waals surface area contributed by atoms with Crippen LogP contribution in [0.2, 0.25) is 0 Å². The lowest BCUT2D eigenvalue weighted by molar-refractivity contribution is 0.0953. The molecule has 4 nitrogen and oxygen atoms in total. The van der Waals surface area contributed by atoms with E-state index in [1.807, 2.05) is 19.1 Å². The van der Waals surface area contributed by atoms with Crippen molar-refractivity contribution in [1.29, 1.82) is 0 Å². The largest absolute Gasteiger partial charge is 0.466 e. The Labute approximate surface area is 131 Å². The third kappa shape index (κ3) is 3.85. The van der Waals surface area contributed by atoms with E-state index in [0.717, 1.165) is 5.56 Å². The van der Waals surface area contributed by atoms with Crippen molar-refractivity contribution >= 4 is 12.1 Å². The zero-order valence-corrected chi connectivity index (χ0v) is 13.7. The van der Waals surface area contributed by atoms with Crippen molar-refractivity contribution in [3.63, 3.8) is 0 Å². The Morgan fingerprint density at radius 3 is 2.32 bits per heavy atom. The predicted octanol–water partition coefficient (Wildman–Crippen LogP) is 3.96. The van der Waals surface area contributed by atoms with Gasteiger partial charge < -0.3 is 4.42 Å². The first kappa shape index (κ1) is 16.0. The van der Waals surface area contributed by atoms with Gasteiger partial charge in [-0.15, -0.1) is 0 Å². The smallest absolute Gasteiger partial charge is 0.274 e. The van der Waals surface area contributed by atoms with Gasteiger partial charge >= 0.3 is 0 Å². The van der Waals surface area contributed by atoms with Crippen molar-refractivity contribution in [3.05, 3.63) is 58.5 Å². The maximum Gasteiger partial charge on any atom is 0.274 e. The number of hydrogen-bond acceptors (Lipinski definition) is 3. The van der Waals surface area contributed by atoms with Gasteiger partial charge in [-0.2, -0.15) is 5.10 Å². The van der Waals surface area contributed by atoms with Crippen molar-refractivity contribution in [3.8, 4) is 0 Å². The molecule has 1 amide bonds. The first-order valence-electron chi connectivity index (χ1n) is 7.28. The molecule has 0 radical (unpaired) electrons. The summed E-state index contributed by atoms with van der Waals surface area (Å²) in [4.78, 5) is 12.0. The van der Waals surface area contributed by atoms with E-state index in [9.17, 15) is 4.79 Å². The molecule has 22 heavy (non-hydrogen) atoms. The SMILES string of the molecule is Cc1cc(C(=O)N/N=C/c2ccc(C(C)(C)C)cc2)c(C)o1. The third-order valence-electron chi connectivity index (χ3n) is 3.44. The number of nitrogens with zero attached hydrogens (tertiary/aromatic N) is 1. The van der Waals surface area contributed by atoms with Gasteiger partial charge in [0, 0.05) is 0 Å². The lowest BCUT2D eigenvalue weighted by Gasteiger charge is -2.18. The summed E-state index contributed by atoms with van der Waals surface area (Å²) in [5.74, 6) is 1.04. The van der Waals surface area contributed by atoms with Gasteiger partial charge in [-0.3, -0.25) is 4.79 Å². The third-order valence-corrected chi connectivity index (χ3v) is 3.44. The number of carbonyl (C=O) groups excluding carboxylic acids is 1. The maximum absolute atomic E-state index is 12.0. The van der Waals surface area contributed by atoms with Crippen LogP contribution in [0.4, 0.5) is 0 Å². The summed E-state index contributed by atoms with van der Waals surface area (Å²) >= 11 is 0. The van der Waals surface area contributed by atoms with E-state index in [2.05, 4.69) is 43.4 Å². The van der Waals surface area contributed by atoms with Crippen LogP contribution < -0.4 is 5.43 Å². The zero-order valence-electron chi connectivity index (χ0n) is 13.7. The molecule has 0 spiro atoms. The monoisotopic (exact) mass is 298 g/mol. The second-order valence-electron chi connectivity index (χ2n) is 6.40. The van der Waals surface area contributed by atoms with Crippen LogP contribution in [0, 0.1) is 13.8 Å². The van der Waals surface area contributed by atoms with Crippen LogP contribution in [0.5, 0.6) is 0 Å². The lowest BCUT2D eigenvalue weighted by atomic mass is 9.87. The molecule has 1 aromatic heterocycles. The highest BCUT2D eigenvalue weighted by Gasteiger charge is 2.13. The minimum Gasteiger partial charge on any atom is -0.466 e. The second kappa shape index (κ2) is 6.18. The van der Waals surface area contributed by atoms with E-state index in [4.69, 9.17) is 4.42 Å². The molecule has 2 rings (SSSR count). The summed E-state index contributed by atoms with van der Waals surface area (Å²) in [7, 11) is 0. The number of hydrogen-bond donors (Lipinski definition) is 1. The van der Waals surface area contributed by atoms with Gasteiger partial charge in [0.1, 0.15) is 11.5 Å². The molecule has 1 aromatic carbocycles. The standard InChI is InChI=1S/C18H22N2O2/c1-12-10-16(13(2)22-12)17(21)20-19-11-14-6-8-15(9-7-14)18(3,4)5/h6-11H,1-5H3,(H,20,21)/b19-11+. The number of benzene rings is 1. The van der Waals surface area contributed by atoms with Crippen LogP contribution in [-0.4, -0.2) is 12.1 Å². The van der Waals surface area contributed by atoms with E-state index in [1.54, 1.807) is 19.2 Å². The van der Waals surface area contributed by atoms with Gasteiger partial charge in [-0.25, -0.2) is 5.43 Å². The summed E-state index contributed by atoms with van der Waals surface area (Å²) in [6.45, 7) is 10.1. The van der Waals surface area contributed by atoms with E-state index in [1.165, 1.54) is 5.56 Å². The molecular formula is C18H22N2O2. The Kier molecular flexibility index (Phi) is 4.50. The van der Waals surface area contributed by atoms with Crippen LogP contribution in [0.15, 0.2) is 39.9 Å². The summed E-state index contributed by atoms with van der Waals surface area (Å²) in [5.41, 5.74) is 5.35. The topological polar surface area (TPSA) is 54.6 Å². The highest BCUT2D eigenvalue weighted by atomic mass is 16.3. The van der Waals surface area contributed by atoms with Crippen molar-refractivity contribution in [1.82, 2.24) is 5.43 Å². The molecule has 0 fully saturated rings. The van der Waals surface area contributed by atoms with Gasteiger partial charge in [0.25, 0.3) is 5.91 Å². The number of aryl methyl sites for hydroxylation is 2. The highest BCUT2D eigenvalue weighted by molar-refractivity contribution is 5.95. The van der Waals surface area contributed by atoms with E-state index >= 15 is 0 Å². The van der Waals surface area contributed by atoms with Gasteiger partial charge in [0.2, 0.25) is 0 Å². The Morgan fingerprint density at radius 2 is 1.82 bits per heavy atom. The molecule has 4 heteroatoms.